The van der Waals surface area contributed by atoms with Gasteiger partial charge in [0.25, 0.3) is 5.91 Å². The van der Waals surface area contributed by atoms with E-state index in [1.54, 1.807) is 49.2 Å². The number of amides is 1. The third-order valence-electron chi connectivity index (χ3n) is 4.21. The smallest absolute Gasteiger partial charge is 0.329 e. The molecule has 3 rings (SSSR count). The number of aromatic nitrogens is 1. The van der Waals surface area contributed by atoms with Crippen LogP contribution in [-0.2, 0) is 4.79 Å². The minimum Gasteiger partial charge on any atom is -0.480 e. The van der Waals surface area contributed by atoms with E-state index >= 15 is 0 Å². The molecule has 2 N–H and O–H groups in total. The minimum absolute atomic E-state index is 0.379. The van der Waals surface area contributed by atoms with E-state index in [-0.39, 0.29) is 0 Å². The molecule has 24 heavy (non-hydrogen) atoms. The Morgan fingerprint density at radius 3 is 2.62 bits per heavy atom. The van der Waals surface area contributed by atoms with Crippen molar-refractivity contribution in [3.05, 3.63) is 41.8 Å². The van der Waals surface area contributed by atoms with Crippen molar-refractivity contribution in [2.45, 2.75) is 25.3 Å². The maximum atomic E-state index is 12.6. The first-order valence-corrected chi connectivity index (χ1v) is 8.82. The third-order valence-corrected chi connectivity index (χ3v) is 5.20. The number of aryl methyl sites for hydroxylation is 1. The van der Waals surface area contributed by atoms with Crippen molar-refractivity contribution in [1.29, 1.82) is 0 Å². The first-order chi connectivity index (χ1) is 11.5. The van der Waals surface area contributed by atoms with Gasteiger partial charge in [0.15, 0.2) is 5.76 Å². The Bertz CT molecular complexity index is 752. The lowest BCUT2D eigenvalue weighted by molar-refractivity contribution is -0.144. The molecular weight excluding hydrogens is 328 g/mol. The Hall–Kier alpha value is -2.28. The van der Waals surface area contributed by atoms with Crippen LogP contribution < -0.4 is 5.32 Å². The minimum atomic E-state index is -1.19. The molecule has 0 spiro atoms. The van der Waals surface area contributed by atoms with Gasteiger partial charge in [0.05, 0.1) is 17.5 Å². The number of hydrogen-bond donors (Lipinski definition) is 2. The number of rotatable bonds is 4. The molecule has 0 unspecified atom stereocenters. The van der Waals surface area contributed by atoms with Crippen LogP contribution in [0.5, 0.6) is 0 Å². The van der Waals surface area contributed by atoms with E-state index in [4.69, 9.17) is 4.42 Å². The van der Waals surface area contributed by atoms with Crippen LogP contribution in [0.1, 0.15) is 28.9 Å². The second kappa shape index (κ2) is 6.68. The van der Waals surface area contributed by atoms with Gasteiger partial charge in [-0.1, -0.05) is 0 Å². The van der Waals surface area contributed by atoms with Gasteiger partial charge in [-0.3, -0.25) is 4.79 Å². The van der Waals surface area contributed by atoms with Gasteiger partial charge in [-0.2, -0.15) is 11.8 Å². The molecule has 0 aliphatic carbocycles. The van der Waals surface area contributed by atoms with Gasteiger partial charge in [0.2, 0.25) is 0 Å². The topological polar surface area (TPSA) is 92.4 Å². The average Bonchev–Trinajstić information content (AvgIpc) is 3.09. The average molecular weight is 346 g/mol. The van der Waals surface area contributed by atoms with Crippen LogP contribution in [0.3, 0.4) is 0 Å². The Morgan fingerprint density at radius 1 is 1.29 bits per heavy atom. The predicted octanol–water partition coefficient (Wildman–Crippen LogP) is 2.73. The number of carboxylic acids is 1. The largest absolute Gasteiger partial charge is 0.480 e. The van der Waals surface area contributed by atoms with Gasteiger partial charge in [-0.05, 0) is 55.5 Å². The first-order valence-electron chi connectivity index (χ1n) is 7.67. The molecule has 1 fully saturated rings. The number of nitrogens with zero attached hydrogens (tertiary/aromatic N) is 1. The van der Waals surface area contributed by atoms with Crippen LogP contribution in [0, 0.1) is 6.92 Å². The highest BCUT2D eigenvalue weighted by atomic mass is 32.2. The highest BCUT2D eigenvalue weighted by Gasteiger charge is 2.41. The van der Waals surface area contributed by atoms with Crippen molar-refractivity contribution in [3.63, 3.8) is 0 Å². The van der Waals surface area contributed by atoms with E-state index in [2.05, 4.69) is 10.3 Å². The Kier molecular flexibility index (Phi) is 4.62. The van der Waals surface area contributed by atoms with Crippen molar-refractivity contribution in [2.75, 3.05) is 11.5 Å². The molecule has 2 aromatic rings. The lowest BCUT2D eigenvalue weighted by atomic mass is 9.91. The molecule has 0 aromatic carbocycles. The van der Waals surface area contributed by atoms with E-state index < -0.39 is 17.4 Å². The molecule has 6 nitrogen and oxygen atoms in total. The van der Waals surface area contributed by atoms with Gasteiger partial charge in [0.1, 0.15) is 11.2 Å². The number of hydrogen-bond acceptors (Lipinski definition) is 5. The summed E-state index contributed by atoms with van der Waals surface area (Å²) in [4.78, 5) is 28.7. The summed E-state index contributed by atoms with van der Waals surface area (Å²) in [6.07, 6.45) is 2.41. The Balaban J connectivity index is 1.83. The molecule has 0 atom stereocenters. The number of carbonyl (C=O) groups is 2. The van der Waals surface area contributed by atoms with E-state index in [1.165, 1.54) is 0 Å². The second-order valence-corrected chi connectivity index (χ2v) is 6.99. The fraction of sp³-hybridized carbons (Fsp3) is 0.353. The van der Waals surface area contributed by atoms with Crippen LogP contribution in [-0.4, -0.2) is 39.0 Å². The summed E-state index contributed by atoms with van der Waals surface area (Å²) in [6.45, 7) is 1.73. The second-order valence-electron chi connectivity index (χ2n) is 5.76. The summed E-state index contributed by atoms with van der Waals surface area (Å²) in [7, 11) is 0. The number of carbonyl (C=O) groups excluding carboxylic acids is 1. The normalized spacial score (nSPS) is 16.5. The first kappa shape index (κ1) is 16.6. The predicted molar refractivity (Wildman–Crippen MR) is 91.1 cm³/mol. The van der Waals surface area contributed by atoms with Crippen LogP contribution in [0.2, 0.25) is 0 Å². The van der Waals surface area contributed by atoms with Gasteiger partial charge in [0, 0.05) is 0 Å². The van der Waals surface area contributed by atoms with Crippen LogP contribution in [0.25, 0.3) is 11.5 Å². The molecule has 1 aliphatic rings. The molecule has 0 saturated carbocycles. The van der Waals surface area contributed by atoms with Crippen LogP contribution >= 0.6 is 11.8 Å². The maximum Gasteiger partial charge on any atom is 0.329 e. The van der Waals surface area contributed by atoms with Gasteiger partial charge < -0.3 is 14.8 Å². The van der Waals surface area contributed by atoms with Crippen LogP contribution in [0.4, 0.5) is 0 Å². The number of furan rings is 1. The highest BCUT2D eigenvalue weighted by Crippen LogP contribution is 2.28. The molecule has 2 aromatic heterocycles. The number of carboxylic acid groups (broad SMARTS) is 1. The summed E-state index contributed by atoms with van der Waals surface area (Å²) >= 11 is 1.70. The lowest BCUT2D eigenvalue weighted by Gasteiger charge is -2.33. The van der Waals surface area contributed by atoms with Crippen LogP contribution in [0.15, 0.2) is 34.9 Å². The van der Waals surface area contributed by atoms with E-state index in [0.717, 1.165) is 11.5 Å². The van der Waals surface area contributed by atoms with Crippen molar-refractivity contribution >= 4 is 23.6 Å². The SMILES string of the molecule is Cc1nc(-c2ccco2)ccc1C(=O)NC1(C(=O)O)CCSCC1. The number of nitrogens with one attached hydrogen (secondary N) is 1. The zero-order chi connectivity index (χ0) is 17.2. The quantitative estimate of drug-likeness (QED) is 0.884. The molecule has 3 heterocycles. The standard InChI is InChI=1S/C17H18N2O4S/c1-11-12(4-5-13(18-11)14-3-2-8-23-14)15(20)19-17(16(21)22)6-9-24-10-7-17/h2-5,8H,6-7,9-10H2,1H3,(H,19,20)(H,21,22). The molecular formula is C17H18N2O4S. The molecule has 0 bridgehead atoms. The van der Waals surface area contributed by atoms with Crippen molar-refractivity contribution in [1.82, 2.24) is 10.3 Å². The molecule has 1 amide bonds. The summed E-state index contributed by atoms with van der Waals surface area (Å²) < 4.78 is 5.30. The summed E-state index contributed by atoms with van der Waals surface area (Å²) in [5, 5.41) is 12.3. The Labute approximate surface area is 143 Å². The number of aliphatic carboxylic acids is 1. The van der Waals surface area contributed by atoms with E-state index in [0.29, 0.717) is 35.6 Å². The molecule has 1 saturated heterocycles. The van der Waals surface area contributed by atoms with Crippen molar-refractivity contribution in [3.8, 4) is 11.5 Å². The molecule has 7 heteroatoms. The zero-order valence-electron chi connectivity index (χ0n) is 13.2. The molecule has 126 valence electrons. The van der Waals surface area contributed by atoms with Crippen molar-refractivity contribution in [2.24, 2.45) is 0 Å². The number of thioether (sulfide) groups is 1. The maximum absolute atomic E-state index is 12.6. The van der Waals surface area contributed by atoms with Gasteiger partial charge in [-0.15, -0.1) is 0 Å². The van der Waals surface area contributed by atoms with Crippen molar-refractivity contribution < 1.29 is 19.1 Å². The monoisotopic (exact) mass is 346 g/mol. The highest BCUT2D eigenvalue weighted by molar-refractivity contribution is 7.99. The zero-order valence-corrected chi connectivity index (χ0v) is 14.1. The van der Waals surface area contributed by atoms with Gasteiger partial charge >= 0.3 is 5.97 Å². The van der Waals surface area contributed by atoms with Gasteiger partial charge in [-0.25, -0.2) is 9.78 Å². The van der Waals surface area contributed by atoms with E-state index in [1.807, 2.05) is 0 Å². The fourth-order valence-corrected chi connectivity index (χ4v) is 3.95. The molecule has 0 radical (unpaired) electrons. The summed E-state index contributed by atoms with van der Waals surface area (Å²) in [5.41, 5.74) is 0.362. The third kappa shape index (κ3) is 3.17. The van der Waals surface area contributed by atoms with E-state index in [9.17, 15) is 14.7 Å². The summed E-state index contributed by atoms with van der Waals surface area (Å²) in [6, 6.07) is 6.92. The summed E-state index contributed by atoms with van der Waals surface area (Å²) in [5.74, 6) is 0.688. The lowest BCUT2D eigenvalue weighted by Crippen LogP contribution is -2.56. The molecule has 1 aliphatic heterocycles. The fourth-order valence-electron chi connectivity index (χ4n) is 2.76. The Morgan fingerprint density at radius 2 is 2.04 bits per heavy atom. The number of pyridine rings is 1.